The first-order chi connectivity index (χ1) is 11.2. The minimum atomic E-state index is -0.951. The van der Waals surface area contributed by atoms with Crippen LogP contribution in [0.2, 0.25) is 0 Å². The highest BCUT2D eigenvalue weighted by Gasteiger charge is 2.19. The molecule has 24 heavy (non-hydrogen) atoms. The van der Waals surface area contributed by atoms with Crippen molar-refractivity contribution in [3.05, 3.63) is 57.0 Å². The van der Waals surface area contributed by atoms with Crippen molar-refractivity contribution in [1.29, 1.82) is 0 Å². The summed E-state index contributed by atoms with van der Waals surface area (Å²) in [5, 5.41) is 15.8. The van der Waals surface area contributed by atoms with Crippen molar-refractivity contribution < 1.29 is 14.7 Å². The molecule has 0 radical (unpaired) electrons. The number of aryl methyl sites for hydroxylation is 2. The molecule has 1 aromatic heterocycles. The second-order valence-corrected chi connectivity index (χ2v) is 5.65. The van der Waals surface area contributed by atoms with Crippen LogP contribution in [0.15, 0.2) is 29.1 Å². The first-order valence-corrected chi connectivity index (χ1v) is 7.41. The van der Waals surface area contributed by atoms with Gasteiger partial charge in [-0.15, -0.1) is 0 Å². The Morgan fingerprint density at radius 3 is 2.58 bits per heavy atom. The van der Waals surface area contributed by atoms with Gasteiger partial charge in [0.15, 0.2) is 0 Å². The van der Waals surface area contributed by atoms with Crippen LogP contribution in [0.25, 0.3) is 0 Å². The number of amides is 1. The Hall–Kier alpha value is -2.96. The Bertz CT molecular complexity index is 871. The lowest BCUT2D eigenvalue weighted by atomic mass is 10.0. The summed E-state index contributed by atoms with van der Waals surface area (Å²) < 4.78 is 1.13. The molecule has 2 aromatic rings. The van der Waals surface area contributed by atoms with Gasteiger partial charge in [-0.25, -0.2) is 4.68 Å². The van der Waals surface area contributed by atoms with Crippen LogP contribution in [0, 0.1) is 13.8 Å². The van der Waals surface area contributed by atoms with Gasteiger partial charge in [0, 0.05) is 12.7 Å². The van der Waals surface area contributed by atoms with E-state index in [1.807, 2.05) is 0 Å². The number of carbonyl (C=O) groups is 2. The van der Waals surface area contributed by atoms with E-state index in [1.54, 1.807) is 45.0 Å². The third kappa shape index (κ3) is 3.34. The molecule has 0 unspecified atom stereocenters. The third-order valence-corrected chi connectivity index (χ3v) is 3.97. The zero-order valence-electron chi connectivity index (χ0n) is 14.0. The first-order valence-electron chi connectivity index (χ1n) is 7.41. The van der Waals surface area contributed by atoms with E-state index >= 15 is 0 Å². The standard InChI is InChI=1S/C17H19N3O4/c1-9-11(3)19-20(4)16(22)14(9)15(21)18-13-7-5-6-12(8-13)10(2)17(23)24/h5-8,10H,1-4H3,(H,18,21)(H,23,24)/t10-/m0/s1. The average Bonchev–Trinajstić information content (AvgIpc) is 2.52. The Labute approximate surface area is 138 Å². The molecule has 1 atom stereocenters. The smallest absolute Gasteiger partial charge is 0.310 e. The van der Waals surface area contributed by atoms with E-state index < -0.39 is 23.4 Å². The first kappa shape index (κ1) is 17.4. The van der Waals surface area contributed by atoms with Crippen LogP contribution in [-0.4, -0.2) is 26.8 Å². The van der Waals surface area contributed by atoms with E-state index in [-0.39, 0.29) is 5.56 Å². The molecule has 0 fully saturated rings. The van der Waals surface area contributed by atoms with Gasteiger partial charge >= 0.3 is 5.97 Å². The fraction of sp³-hybridized carbons (Fsp3) is 0.294. The van der Waals surface area contributed by atoms with Crippen molar-refractivity contribution in [1.82, 2.24) is 9.78 Å². The SMILES string of the molecule is Cc1nn(C)c(=O)c(C(=O)Nc2cccc([C@H](C)C(=O)O)c2)c1C. The molecule has 0 saturated heterocycles. The van der Waals surface area contributed by atoms with Crippen LogP contribution in [0.1, 0.15) is 40.0 Å². The van der Waals surface area contributed by atoms with Crippen molar-refractivity contribution in [2.75, 3.05) is 5.32 Å². The molecule has 0 spiro atoms. The molecule has 0 saturated carbocycles. The highest BCUT2D eigenvalue weighted by atomic mass is 16.4. The number of carboxylic acid groups (broad SMARTS) is 1. The lowest BCUT2D eigenvalue weighted by Crippen LogP contribution is -2.31. The maximum Gasteiger partial charge on any atom is 0.310 e. The van der Waals surface area contributed by atoms with Gasteiger partial charge in [0.1, 0.15) is 5.56 Å². The van der Waals surface area contributed by atoms with E-state index in [0.29, 0.717) is 22.5 Å². The normalized spacial score (nSPS) is 11.8. The van der Waals surface area contributed by atoms with Crippen LogP contribution in [0.3, 0.4) is 0 Å². The number of benzene rings is 1. The highest BCUT2D eigenvalue weighted by Crippen LogP contribution is 2.20. The molecule has 2 rings (SSSR count). The van der Waals surface area contributed by atoms with Crippen molar-refractivity contribution in [3.8, 4) is 0 Å². The van der Waals surface area contributed by atoms with Crippen LogP contribution < -0.4 is 10.9 Å². The molecular weight excluding hydrogens is 310 g/mol. The summed E-state index contributed by atoms with van der Waals surface area (Å²) in [6.45, 7) is 4.96. The van der Waals surface area contributed by atoms with Gasteiger partial charge in [-0.3, -0.25) is 14.4 Å². The quantitative estimate of drug-likeness (QED) is 0.891. The zero-order chi connectivity index (χ0) is 18.0. The van der Waals surface area contributed by atoms with Gasteiger partial charge in [0.05, 0.1) is 11.6 Å². The number of carboxylic acids is 1. The third-order valence-electron chi connectivity index (χ3n) is 3.97. The van der Waals surface area contributed by atoms with Crippen LogP contribution in [-0.2, 0) is 11.8 Å². The minimum absolute atomic E-state index is 0.0293. The van der Waals surface area contributed by atoms with Crippen molar-refractivity contribution in [2.24, 2.45) is 7.05 Å². The molecule has 1 heterocycles. The molecule has 0 aliphatic rings. The molecule has 1 amide bonds. The van der Waals surface area contributed by atoms with Crippen LogP contribution >= 0.6 is 0 Å². The van der Waals surface area contributed by atoms with Crippen molar-refractivity contribution >= 4 is 17.6 Å². The van der Waals surface area contributed by atoms with Gasteiger partial charge in [0.2, 0.25) is 0 Å². The summed E-state index contributed by atoms with van der Waals surface area (Å²) >= 11 is 0. The number of nitrogens with zero attached hydrogens (tertiary/aromatic N) is 2. The fourth-order valence-electron chi connectivity index (χ4n) is 2.34. The second-order valence-electron chi connectivity index (χ2n) is 5.65. The predicted molar refractivity (Wildman–Crippen MR) is 89.4 cm³/mol. The monoisotopic (exact) mass is 329 g/mol. The lowest BCUT2D eigenvalue weighted by molar-refractivity contribution is -0.138. The number of aromatic nitrogens is 2. The summed E-state index contributed by atoms with van der Waals surface area (Å²) in [5.74, 6) is -2.19. The number of aliphatic carboxylic acids is 1. The number of hydrogen-bond donors (Lipinski definition) is 2. The molecule has 1 aromatic carbocycles. The predicted octanol–water partition coefficient (Wildman–Crippen LogP) is 1.84. The van der Waals surface area contributed by atoms with Crippen molar-refractivity contribution in [3.63, 3.8) is 0 Å². The molecule has 0 bridgehead atoms. The summed E-state index contributed by atoms with van der Waals surface area (Å²) in [6.07, 6.45) is 0. The molecule has 126 valence electrons. The molecular formula is C17H19N3O4. The maximum atomic E-state index is 12.5. The molecule has 7 nitrogen and oxygen atoms in total. The maximum absolute atomic E-state index is 12.5. The van der Waals surface area contributed by atoms with Crippen molar-refractivity contribution in [2.45, 2.75) is 26.7 Å². The van der Waals surface area contributed by atoms with Gasteiger partial charge in [-0.1, -0.05) is 12.1 Å². The Morgan fingerprint density at radius 1 is 1.29 bits per heavy atom. The summed E-state index contributed by atoms with van der Waals surface area (Å²) in [6, 6.07) is 6.57. The largest absolute Gasteiger partial charge is 0.481 e. The summed E-state index contributed by atoms with van der Waals surface area (Å²) in [4.78, 5) is 35.8. The van der Waals surface area contributed by atoms with E-state index in [9.17, 15) is 14.4 Å². The van der Waals surface area contributed by atoms with Crippen LogP contribution in [0.5, 0.6) is 0 Å². The van der Waals surface area contributed by atoms with Gasteiger partial charge in [-0.2, -0.15) is 5.10 Å². The minimum Gasteiger partial charge on any atom is -0.481 e. The summed E-state index contributed by atoms with van der Waals surface area (Å²) in [7, 11) is 1.49. The average molecular weight is 329 g/mol. The number of rotatable bonds is 4. The van der Waals surface area contributed by atoms with E-state index in [0.717, 1.165) is 4.68 Å². The Balaban J connectivity index is 2.37. The number of anilines is 1. The molecule has 7 heteroatoms. The molecule has 2 N–H and O–H groups in total. The van der Waals surface area contributed by atoms with E-state index in [2.05, 4.69) is 10.4 Å². The van der Waals surface area contributed by atoms with E-state index in [1.165, 1.54) is 7.05 Å². The number of carbonyl (C=O) groups excluding carboxylic acids is 1. The van der Waals surface area contributed by atoms with Crippen LogP contribution in [0.4, 0.5) is 5.69 Å². The topological polar surface area (TPSA) is 101 Å². The van der Waals surface area contributed by atoms with Gasteiger partial charge < -0.3 is 10.4 Å². The lowest BCUT2D eigenvalue weighted by Gasteiger charge is -2.12. The van der Waals surface area contributed by atoms with Gasteiger partial charge in [0.25, 0.3) is 11.5 Å². The number of hydrogen-bond acceptors (Lipinski definition) is 4. The molecule has 0 aliphatic heterocycles. The summed E-state index contributed by atoms with van der Waals surface area (Å²) in [5.41, 5.74) is 1.66. The Kier molecular flexibility index (Phi) is 4.82. The number of nitrogens with one attached hydrogen (secondary N) is 1. The Morgan fingerprint density at radius 2 is 1.96 bits per heavy atom. The van der Waals surface area contributed by atoms with Gasteiger partial charge in [-0.05, 0) is 44.0 Å². The fourth-order valence-corrected chi connectivity index (χ4v) is 2.34. The highest BCUT2D eigenvalue weighted by molar-refractivity contribution is 6.05. The van der Waals surface area contributed by atoms with E-state index in [4.69, 9.17) is 5.11 Å². The molecule has 0 aliphatic carbocycles. The zero-order valence-corrected chi connectivity index (χ0v) is 14.0. The second kappa shape index (κ2) is 6.66.